The van der Waals surface area contributed by atoms with E-state index < -0.39 is 0 Å². The first-order chi connectivity index (χ1) is 8.13. The van der Waals surface area contributed by atoms with Crippen LogP contribution in [-0.4, -0.2) is 9.97 Å². The number of aromatic nitrogens is 2. The maximum atomic E-state index is 5.71. The second kappa shape index (κ2) is 4.04. The van der Waals surface area contributed by atoms with Crippen molar-refractivity contribution < 1.29 is 0 Å². The number of nitrogens with zero attached hydrogens (tertiary/aromatic N) is 2. The molecule has 0 fully saturated rings. The fourth-order valence-corrected chi connectivity index (χ4v) is 4.09. The van der Waals surface area contributed by atoms with Gasteiger partial charge in [-0.25, -0.2) is 9.97 Å². The third-order valence-corrected chi connectivity index (χ3v) is 5.01. The number of nitrogen functional groups attached to an aromatic ring is 1. The fraction of sp³-hybridized carbons (Fsp3) is 0.0909. The molecule has 0 aliphatic heterocycles. The minimum absolute atomic E-state index is 0.595. The second-order valence-electron chi connectivity index (χ2n) is 3.60. The van der Waals surface area contributed by atoms with Crippen LogP contribution in [0.5, 0.6) is 0 Å². The maximum absolute atomic E-state index is 5.71. The van der Waals surface area contributed by atoms with E-state index in [0.29, 0.717) is 5.13 Å². The average Bonchev–Trinajstić information content (AvgIpc) is 2.80. The number of halogens is 1. The molecule has 6 heteroatoms. The Kier molecular flexibility index (Phi) is 2.65. The molecule has 0 amide bonds. The van der Waals surface area contributed by atoms with Crippen LogP contribution in [0.1, 0.15) is 5.69 Å². The van der Waals surface area contributed by atoms with Gasteiger partial charge in [0.1, 0.15) is 5.01 Å². The summed E-state index contributed by atoms with van der Waals surface area (Å²) in [7, 11) is 0. The van der Waals surface area contributed by atoms with Crippen LogP contribution in [0.25, 0.3) is 20.1 Å². The Morgan fingerprint density at radius 2 is 2.06 bits per heavy atom. The van der Waals surface area contributed by atoms with Crippen molar-refractivity contribution in [3.63, 3.8) is 0 Å². The summed E-state index contributed by atoms with van der Waals surface area (Å²) in [4.78, 5) is 9.91. The molecule has 0 aliphatic rings. The first kappa shape index (κ1) is 11.1. The lowest BCUT2D eigenvalue weighted by Gasteiger charge is -1.88. The second-order valence-corrected chi connectivity index (χ2v) is 6.57. The largest absolute Gasteiger partial charge is 0.375 e. The molecular formula is C11H8BrN3S2. The zero-order valence-corrected chi connectivity index (χ0v) is 12.1. The molecule has 0 spiro atoms. The molecule has 0 saturated heterocycles. The van der Waals surface area contributed by atoms with E-state index in [1.807, 2.05) is 19.1 Å². The van der Waals surface area contributed by atoms with Crippen LogP contribution < -0.4 is 5.73 Å². The lowest BCUT2D eigenvalue weighted by Crippen LogP contribution is -1.80. The van der Waals surface area contributed by atoms with E-state index in [1.165, 1.54) is 16.0 Å². The van der Waals surface area contributed by atoms with Crippen molar-refractivity contribution >= 4 is 54.0 Å². The normalized spacial score (nSPS) is 11.2. The number of rotatable bonds is 1. The van der Waals surface area contributed by atoms with Gasteiger partial charge in [0, 0.05) is 4.47 Å². The predicted molar refractivity (Wildman–Crippen MR) is 77.6 cm³/mol. The van der Waals surface area contributed by atoms with Gasteiger partial charge in [0.25, 0.3) is 0 Å². The molecule has 0 bridgehead atoms. The van der Waals surface area contributed by atoms with Gasteiger partial charge in [-0.3, -0.25) is 0 Å². The number of aryl methyl sites for hydroxylation is 1. The number of fused-ring (bicyclic) bond motifs is 1. The zero-order valence-electron chi connectivity index (χ0n) is 8.90. The van der Waals surface area contributed by atoms with E-state index in [4.69, 9.17) is 5.73 Å². The van der Waals surface area contributed by atoms with Crippen LogP contribution in [0.3, 0.4) is 0 Å². The summed E-state index contributed by atoms with van der Waals surface area (Å²) in [6.45, 7) is 1.96. The van der Waals surface area contributed by atoms with Crippen molar-refractivity contribution in [1.29, 1.82) is 0 Å². The highest BCUT2D eigenvalue weighted by molar-refractivity contribution is 9.10. The van der Waals surface area contributed by atoms with Gasteiger partial charge < -0.3 is 5.73 Å². The van der Waals surface area contributed by atoms with E-state index in [0.717, 1.165) is 25.6 Å². The molecule has 0 atom stereocenters. The summed E-state index contributed by atoms with van der Waals surface area (Å²) in [6.07, 6.45) is 0. The Morgan fingerprint density at radius 1 is 1.24 bits per heavy atom. The van der Waals surface area contributed by atoms with Gasteiger partial charge in [0.2, 0.25) is 0 Å². The van der Waals surface area contributed by atoms with Crippen LogP contribution in [-0.2, 0) is 0 Å². The highest BCUT2D eigenvalue weighted by Gasteiger charge is 2.12. The van der Waals surface area contributed by atoms with Crippen molar-refractivity contribution in [2.24, 2.45) is 0 Å². The molecule has 3 nitrogen and oxygen atoms in total. The lowest BCUT2D eigenvalue weighted by atomic mass is 10.3. The van der Waals surface area contributed by atoms with E-state index in [1.54, 1.807) is 11.3 Å². The SMILES string of the molecule is Cc1nc(N)sc1-c1nc2ccc(Br)cc2s1. The molecule has 2 aromatic heterocycles. The number of hydrogen-bond donors (Lipinski definition) is 1. The zero-order chi connectivity index (χ0) is 12.0. The van der Waals surface area contributed by atoms with Gasteiger partial charge >= 0.3 is 0 Å². The minimum atomic E-state index is 0.595. The summed E-state index contributed by atoms with van der Waals surface area (Å²) in [5.41, 5.74) is 7.68. The molecule has 86 valence electrons. The fourth-order valence-electron chi connectivity index (χ4n) is 1.61. The lowest BCUT2D eigenvalue weighted by molar-refractivity contribution is 1.27. The number of thiazole rings is 2. The topological polar surface area (TPSA) is 51.8 Å². The van der Waals surface area contributed by atoms with Gasteiger partial charge in [-0.1, -0.05) is 27.3 Å². The number of hydrogen-bond acceptors (Lipinski definition) is 5. The van der Waals surface area contributed by atoms with E-state index >= 15 is 0 Å². The molecule has 0 radical (unpaired) electrons. The molecule has 0 saturated carbocycles. The highest BCUT2D eigenvalue weighted by Crippen LogP contribution is 2.37. The van der Waals surface area contributed by atoms with Crippen molar-refractivity contribution in [1.82, 2.24) is 9.97 Å². The summed E-state index contributed by atoms with van der Waals surface area (Å²) >= 11 is 6.62. The van der Waals surface area contributed by atoms with Crippen LogP contribution in [0.2, 0.25) is 0 Å². The van der Waals surface area contributed by atoms with Gasteiger partial charge in [-0.15, -0.1) is 11.3 Å². The Morgan fingerprint density at radius 3 is 2.76 bits per heavy atom. The third-order valence-electron chi connectivity index (χ3n) is 2.36. The summed E-state index contributed by atoms with van der Waals surface area (Å²) in [5, 5.41) is 1.59. The number of benzene rings is 1. The van der Waals surface area contributed by atoms with Crippen molar-refractivity contribution in [3.05, 3.63) is 28.4 Å². The molecule has 1 aromatic carbocycles. The number of nitrogens with two attached hydrogens (primary N) is 1. The van der Waals surface area contributed by atoms with Crippen LogP contribution in [0.4, 0.5) is 5.13 Å². The van der Waals surface area contributed by atoms with Crippen LogP contribution >= 0.6 is 38.6 Å². The first-order valence-corrected chi connectivity index (χ1v) is 7.35. The van der Waals surface area contributed by atoms with Crippen LogP contribution in [0, 0.1) is 6.92 Å². The molecule has 0 unspecified atom stereocenters. The maximum Gasteiger partial charge on any atom is 0.180 e. The Balaban J connectivity index is 2.21. The summed E-state index contributed by atoms with van der Waals surface area (Å²) < 4.78 is 2.24. The van der Waals surface area contributed by atoms with E-state index in [9.17, 15) is 0 Å². The third kappa shape index (κ3) is 1.96. The molecular weight excluding hydrogens is 318 g/mol. The van der Waals surface area contributed by atoms with Gasteiger partial charge in [-0.2, -0.15) is 0 Å². The first-order valence-electron chi connectivity index (χ1n) is 4.93. The number of anilines is 1. The minimum Gasteiger partial charge on any atom is -0.375 e. The predicted octanol–water partition coefficient (Wildman–Crippen LogP) is 4.07. The summed E-state index contributed by atoms with van der Waals surface area (Å²) in [6, 6.07) is 6.09. The van der Waals surface area contributed by atoms with Crippen molar-refractivity contribution in [2.75, 3.05) is 5.73 Å². The molecule has 2 N–H and O–H groups in total. The van der Waals surface area contributed by atoms with Gasteiger partial charge in [-0.05, 0) is 25.1 Å². The smallest absolute Gasteiger partial charge is 0.180 e. The van der Waals surface area contributed by atoms with Crippen molar-refractivity contribution in [3.8, 4) is 9.88 Å². The van der Waals surface area contributed by atoms with E-state index in [-0.39, 0.29) is 0 Å². The molecule has 0 aliphatic carbocycles. The van der Waals surface area contributed by atoms with Gasteiger partial charge in [0.05, 0.1) is 20.8 Å². The monoisotopic (exact) mass is 325 g/mol. The van der Waals surface area contributed by atoms with E-state index in [2.05, 4.69) is 32.0 Å². The standard InChI is InChI=1S/C11H8BrN3S2/c1-5-9(17-11(13)14-5)10-15-7-3-2-6(12)4-8(7)16-10/h2-4H,1H3,(H2,13,14). The van der Waals surface area contributed by atoms with Crippen LogP contribution in [0.15, 0.2) is 22.7 Å². The molecule has 3 rings (SSSR count). The quantitative estimate of drug-likeness (QED) is 0.733. The highest BCUT2D eigenvalue weighted by atomic mass is 79.9. The molecule has 3 aromatic rings. The molecule has 2 heterocycles. The average molecular weight is 326 g/mol. The molecule has 17 heavy (non-hydrogen) atoms. The Labute approximate surface area is 114 Å². The Hall–Kier alpha value is -0.980. The van der Waals surface area contributed by atoms with Crippen molar-refractivity contribution in [2.45, 2.75) is 6.92 Å². The Bertz CT molecular complexity index is 702. The summed E-state index contributed by atoms with van der Waals surface area (Å²) in [5.74, 6) is 0. The van der Waals surface area contributed by atoms with Gasteiger partial charge in [0.15, 0.2) is 5.13 Å².